The van der Waals surface area contributed by atoms with Crippen LogP contribution in [-0.4, -0.2) is 42.8 Å². The van der Waals surface area contributed by atoms with Crippen molar-refractivity contribution >= 4 is 22.6 Å². The van der Waals surface area contributed by atoms with Gasteiger partial charge in [-0.15, -0.1) is 0 Å². The molecular formula is C30H35NO6. The number of benzene rings is 3. The number of aryl methyl sites for hydroxylation is 1. The Morgan fingerprint density at radius 1 is 1.00 bits per heavy atom. The Morgan fingerprint density at radius 3 is 2.43 bits per heavy atom. The summed E-state index contributed by atoms with van der Waals surface area (Å²) in [5.41, 5.74) is 2.73. The number of amides is 1. The largest absolute Gasteiger partial charge is 0.486 e. The highest BCUT2D eigenvalue weighted by Crippen LogP contribution is 2.39. The van der Waals surface area contributed by atoms with Gasteiger partial charge in [-0.1, -0.05) is 44.5 Å². The molecule has 2 N–H and O–H groups in total. The van der Waals surface area contributed by atoms with Crippen LogP contribution in [0.2, 0.25) is 0 Å². The summed E-state index contributed by atoms with van der Waals surface area (Å²) in [4.78, 5) is 24.2. The number of hydrogen-bond donors (Lipinski definition) is 2. The van der Waals surface area contributed by atoms with Crippen LogP contribution in [0.15, 0.2) is 48.5 Å². The molecule has 0 spiro atoms. The molecule has 3 aromatic rings. The maximum Gasteiger partial charge on any atom is 0.304 e. The van der Waals surface area contributed by atoms with Crippen molar-refractivity contribution in [2.75, 3.05) is 19.8 Å². The van der Waals surface area contributed by atoms with Crippen molar-refractivity contribution in [3.05, 3.63) is 65.2 Å². The molecule has 2 atom stereocenters. The Kier molecular flexibility index (Phi) is 8.54. The summed E-state index contributed by atoms with van der Waals surface area (Å²) in [6, 6.07) is 15.6. The van der Waals surface area contributed by atoms with E-state index in [1.54, 1.807) is 0 Å². The number of hydrogen-bond acceptors (Lipinski definition) is 5. The summed E-state index contributed by atoms with van der Waals surface area (Å²) in [5, 5.41) is 14.7. The highest BCUT2D eigenvalue weighted by molar-refractivity contribution is 5.85. The second-order valence-corrected chi connectivity index (χ2v) is 9.52. The predicted molar refractivity (Wildman–Crippen MR) is 143 cm³/mol. The maximum atomic E-state index is 12.4. The van der Waals surface area contributed by atoms with Crippen LogP contribution in [0.1, 0.15) is 62.1 Å². The fourth-order valence-electron chi connectivity index (χ4n) is 4.86. The smallest absolute Gasteiger partial charge is 0.304 e. The van der Waals surface area contributed by atoms with Gasteiger partial charge in [0.25, 0.3) is 5.91 Å². The molecule has 0 saturated carbocycles. The zero-order valence-electron chi connectivity index (χ0n) is 21.7. The molecule has 0 aromatic heterocycles. The average molecular weight is 506 g/mol. The number of ether oxygens (including phenoxy) is 3. The normalized spacial score (nSPS) is 14.1. The van der Waals surface area contributed by atoms with Gasteiger partial charge in [0.05, 0.1) is 6.42 Å². The molecule has 1 aliphatic heterocycles. The number of carboxylic acid groups (broad SMARTS) is 1. The van der Waals surface area contributed by atoms with Crippen LogP contribution in [-0.2, 0) is 9.59 Å². The van der Waals surface area contributed by atoms with Crippen molar-refractivity contribution in [1.29, 1.82) is 0 Å². The molecule has 1 amide bonds. The Balaban J connectivity index is 1.58. The third-order valence-electron chi connectivity index (χ3n) is 6.79. The third kappa shape index (κ3) is 6.53. The lowest BCUT2D eigenvalue weighted by Crippen LogP contribution is -2.37. The molecule has 37 heavy (non-hydrogen) atoms. The van der Waals surface area contributed by atoms with E-state index in [4.69, 9.17) is 14.2 Å². The van der Waals surface area contributed by atoms with Gasteiger partial charge in [-0.2, -0.15) is 0 Å². The molecule has 1 aliphatic rings. The van der Waals surface area contributed by atoms with E-state index in [9.17, 15) is 14.7 Å². The van der Waals surface area contributed by atoms with Gasteiger partial charge in [-0.25, -0.2) is 0 Å². The highest BCUT2D eigenvalue weighted by atomic mass is 16.6. The van der Waals surface area contributed by atoms with E-state index in [1.165, 1.54) is 0 Å². The minimum atomic E-state index is -0.879. The number of aliphatic carboxylic acids is 1. The SMILES string of the molecule is CCCC(CC)NC(=O)COc1ccc2ccc(C(CC(=O)O)c3cc4c(cc3C)OCCO4)cc2c1. The standard InChI is InChI=1S/C30H35NO6/c1-4-6-23(5-2)31-29(32)18-37-24-10-9-20-7-8-21(14-22(20)15-24)26(17-30(33)34)25-16-28-27(13-19(25)3)35-11-12-36-28/h7-10,13-16,23,26H,4-6,11-12,17-18H2,1-3H3,(H,31,32)(H,33,34). The molecule has 0 radical (unpaired) electrons. The van der Waals surface area contributed by atoms with Gasteiger partial charge >= 0.3 is 5.97 Å². The number of carboxylic acids is 1. The first-order valence-electron chi connectivity index (χ1n) is 13.0. The minimum Gasteiger partial charge on any atom is -0.486 e. The summed E-state index contributed by atoms with van der Waals surface area (Å²) in [6.07, 6.45) is 2.79. The minimum absolute atomic E-state index is 0.0521. The van der Waals surface area contributed by atoms with Crippen molar-refractivity contribution in [2.45, 2.75) is 58.4 Å². The summed E-state index contributed by atoms with van der Waals surface area (Å²) in [7, 11) is 0. The fraction of sp³-hybridized carbons (Fsp3) is 0.400. The van der Waals surface area contributed by atoms with Gasteiger partial charge in [0, 0.05) is 12.0 Å². The van der Waals surface area contributed by atoms with E-state index in [2.05, 4.69) is 19.2 Å². The van der Waals surface area contributed by atoms with Crippen LogP contribution in [0.25, 0.3) is 10.8 Å². The van der Waals surface area contributed by atoms with Crippen molar-refractivity contribution in [3.8, 4) is 17.2 Å². The van der Waals surface area contributed by atoms with Crippen LogP contribution in [0.5, 0.6) is 17.2 Å². The predicted octanol–water partition coefficient (Wildman–Crippen LogP) is 5.60. The van der Waals surface area contributed by atoms with Gasteiger partial charge in [0.2, 0.25) is 0 Å². The molecule has 196 valence electrons. The van der Waals surface area contributed by atoms with Crippen LogP contribution in [0.4, 0.5) is 0 Å². The first-order chi connectivity index (χ1) is 17.9. The summed E-state index contributed by atoms with van der Waals surface area (Å²) in [6.45, 7) is 7.04. The van der Waals surface area contributed by atoms with Crippen molar-refractivity contribution in [3.63, 3.8) is 0 Å². The molecular weight excluding hydrogens is 470 g/mol. The second-order valence-electron chi connectivity index (χ2n) is 9.52. The molecule has 0 aliphatic carbocycles. The summed E-state index contributed by atoms with van der Waals surface area (Å²) >= 11 is 0. The number of fused-ring (bicyclic) bond motifs is 2. The van der Waals surface area contributed by atoms with E-state index in [0.717, 1.165) is 46.7 Å². The van der Waals surface area contributed by atoms with E-state index in [1.807, 2.05) is 55.5 Å². The number of carbonyl (C=O) groups excluding carboxylic acids is 1. The topological polar surface area (TPSA) is 94.1 Å². The molecule has 1 heterocycles. The summed E-state index contributed by atoms with van der Waals surface area (Å²) in [5.74, 6) is 0.541. The Morgan fingerprint density at radius 2 is 1.73 bits per heavy atom. The molecule has 2 unspecified atom stereocenters. The zero-order valence-corrected chi connectivity index (χ0v) is 21.7. The lowest BCUT2D eigenvalue weighted by Gasteiger charge is -2.24. The summed E-state index contributed by atoms with van der Waals surface area (Å²) < 4.78 is 17.3. The van der Waals surface area contributed by atoms with Gasteiger partial charge in [0.15, 0.2) is 18.1 Å². The number of nitrogens with one attached hydrogen (secondary N) is 1. The van der Waals surface area contributed by atoms with Gasteiger partial charge in [-0.3, -0.25) is 9.59 Å². The molecule has 3 aromatic carbocycles. The lowest BCUT2D eigenvalue weighted by molar-refractivity contribution is -0.137. The molecule has 0 fully saturated rings. The maximum absolute atomic E-state index is 12.4. The molecule has 0 saturated heterocycles. The Hall–Kier alpha value is -3.74. The first-order valence-corrected chi connectivity index (χ1v) is 13.0. The second kappa shape index (κ2) is 12.0. The molecule has 4 rings (SSSR count). The van der Waals surface area contributed by atoms with Gasteiger partial charge in [-0.05, 0) is 71.5 Å². The number of carbonyl (C=O) groups is 2. The molecule has 0 bridgehead atoms. The van der Waals surface area contributed by atoms with E-state index in [0.29, 0.717) is 30.5 Å². The van der Waals surface area contributed by atoms with Gasteiger partial charge in [0.1, 0.15) is 19.0 Å². The van der Waals surface area contributed by atoms with Crippen LogP contribution in [0.3, 0.4) is 0 Å². The third-order valence-corrected chi connectivity index (χ3v) is 6.79. The fourth-order valence-corrected chi connectivity index (χ4v) is 4.86. The van der Waals surface area contributed by atoms with E-state index in [-0.39, 0.29) is 30.9 Å². The van der Waals surface area contributed by atoms with Gasteiger partial charge < -0.3 is 24.6 Å². The number of rotatable bonds is 11. The average Bonchev–Trinajstić information content (AvgIpc) is 2.89. The van der Waals surface area contributed by atoms with Crippen molar-refractivity contribution in [2.24, 2.45) is 0 Å². The highest BCUT2D eigenvalue weighted by Gasteiger charge is 2.24. The van der Waals surface area contributed by atoms with Crippen LogP contribution < -0.4 is 19.5 Å². The van der Waals surface area contributed by atoms with Crippen LogP contribution in [0, 0.1) is 6.92 Å². The zero-order chi connectivity index (χ0) is 26.4. The van der Waals surface area contributed by atoms with Crippen molar-refractivity contribution < 1.29 is 28.9 Å². The Bertz CT molecular complexity index is 1270. The molecule has 7 heteroatoms. The monoisotopic (exact) mass is 505 g/mol. The lowest BCUT2D eigenvalue weighted by atomic mass is 9.85. The van der Waals surface area contributed by atoms with E-state index >= 15 is 0 Å². The Labute approximate surface area is 217 Å². The quantitative estimate of drug-likeness (QED) is 0.352. The first kappa shape index (κ1) is 26.3. The van der Waals surface area contributed by atoms with Crippen molar-refractivity contribution in [1.82, 2.24) is 5.32 Å². The molecule has 7 nitrogen and oxygen atoms in total. The van der Waals surface area contributed by atoms with Crippen LogP contribution >= 0.6 is 0 Å². The van der Waals surface area contributed by atoms with E-state index < -0.39 is 5.97 Å².